The number of aliphatic hydroxyl groups is 1. The Hall–Kier alpha value is -0.120. The lowest BCUT2D eigenvalue weighted by atomic mass is 9.79. The van der Waals surface area contributed by atoms with Crippen LogP contribution in [0, 0.1) is 5.92 Å². The van der Waals surface area contributed by atoms with Crippen molar-refractivity contribution in [3.8, 4) is 0 Å². The smallest absolute Gasteiger partial charge is 0.0771 e. The molecule has 0 aromatic heterocycles. The van der Waals surface area contributed by atoms with Crippen LogP contribution in [0.3, 0.4) is 0 Å². The molecule has 0 bridgehead atoms. The van der Waals surface area contributed by atoms with Crippen molar-refractivity contribution in [2.75, 3.05) is 20.1 Å². The molecule has 0 aromatic rings. The maximum Gasteiger partial charge on any atom is 0.0771 e. The van der Waals surface area contributed by atoms with Gasteiger partial charge in [0.25, 0.3) is 0 Å². The maximum absolute atomic E-state index is 10.5. The third-order valence-corrected chi connectivity index (χ3v) is 4.81. The van der Waals surface area contributed by atoms with Crippen LogP contribution in [0.2, 0.25) is 0 Å². The molecule has 3 nitrogen and oxygen atoms in total. The van der Waals surface area contributed by atoms with Gasteiger partial charge in [-0.3, -0.25) is 0 Å². The van der Waals surface area contributed by atoms with Gasteiger partial charge in [-0.25, -0.2) is 0 Å². The van der Waals surface area contributed by atoms with Gasteiger partial charge in [-0.15, -0.1) is 0 Å². The Morgan fingerprint density at radius 1 is 1.29 bits per heavy atom. The number of rotatable bonds is 3. The number of hydrogen-bond donors (Lipinski definition) is 2. The van der Waals surface area contributed by atoms with Gasteiger partial charge in [-0.05, 0) is 52.0 Å². The highest BCUT2D eigenvalue weighted by molar-refractivity contribution is 4.91. The quantitative estimate of drug-likeness (QED) is 0.787. The van der Waals surface area contributed by atoms with Crippen LogP contribution in [0.15, 0.2) is 0 Å². The molecule has 3 heteroatoms. The first-order valence-corrected chi connectivity index (χ1v) is 7.14. The fraction of sp³-hybridized carbons (Fsp3) is 1.00. The van der Waals surface area contributed by atoms with Gasteiger partial charge in [0.05, 0.1) is 5.60 Å². The van der Waals surface area contributed by atoms with E-state index in [1.807, 2.05) is 0 Å². The zero-order chi connectivity index (χ0) is 12.5. The topological polar surface area (TPSA) is 35.5 Å². The molecule has 2 atom stereocenters. The van der Waals surface area contributed by atoms with Crippen molar-refractivity contribution in [1.82, 2.24) is 10.2 Å². The molecule has 1 aliphatic heterocycles. The molecular weight excluding hydrogens is 212 g/mol. The Bertz CT molecular complexity index is 239. The van der Waals surface area contributed by atoms with Crippen LogP contribution >= 0.6 is 0 Å². The van der Waals surface area contributed by atoms with E-state index in [9.17, 15) is 5.11 Å². The first kappa shape index (κ1) is 13.3. The molecule has 0 radical (unpaired) electrons. The molecule has 0 amide bonds. The number of nitrogens with zero attached hydrogens (tertiary/aromatic N) is 1. The second-order valence-electron chi connectivity index (χ2n) is 6.51. The summed E-state index contributed by atoms with van der Waals surface area (Å²) < 4.78 is 0. The molecule has 2 fully saturated rings. The van der Waals surface area contributed by atoms with Crippen LogP contribution in [0.1, 0.15) is 46.0 Å². The fourth-order valence-corrected chi connectivity index (χ4v) is 3.15. The third-order valence-electron chi connectivity index (χ3n) is 4.81. The monoisotopic (exact) mass is 240 g/mol. The molecule has 1 saturated carbocycles. The highest BCUT2D eigenvalue weighted by Gasteiger charge is 2.33. The van der Waals surface area contributed by atoms with Crippen molar-refractivity contribution < 1.29 is 5.11 Å². The Labute approximate surface area is 106 Å². The lowest BCUT2D eigenvalue weighted by molar-refractivity contribution is -0.00791. The minimum absolute atomic E-state index is 0.434. The van der Waals surface area contributed by atoms with E-state index in [0.717, 1.165) is 31.8 Å². The van der Waals surface area contributed by atoms with Gasteiger partial charge >= 0.3 is 0 Å². The lowest BCUT2D eigenvalue weighted by Gasteiger charge is -2.35. The average molecular weight is 240 g/mol. The second-order valence-corrected chi connectivity index (χ2v) is 6.51. The second kappa shape index (κ2) is 5.25. The van der Waals surface area contributed by atoms with E-state index >= 15 is 0 Å². The first-order chi connectivity index (χ1) is 7.98. The molecule has 2 aliphatic rings. The fourth-order valence-electron chi connectivity index (χ4n) is 3.15. The summed E-state index contributed by atoms with van der Waals surface area (Å²) in [5.41, 5.74) is -0.434. The summed E-state index contributed by atoms with van der Waals surface area (Å²) in [6.07, 6.45) is 5.51. The normalized spacial score (nSPS) is 44.1. The number of nitrogens with one attached hydrogen (secondary N) is 1. The van der Waals surface area contributed by atoms with Gasteiger partial charge in [0.15, 0.2) is 0 Å². The summed E-state index contributed by atoms with van der Waals surface area (Å²) in [7, 11) is 2.18. The van der Waals surface area contributed by atoms with Crippen LogP contribution in [-0.2, 0) is 0 Å². The van der Waals surface area contributed by atoms with Crippen LogP contribution in [0.4, 0.5) is 0 Å². The van der Waals surface area contributed by atoms with Gasteiger partial charge in [0.1, 0.15) is 0 Å². The standard InChI is InChI=1S/C14H28N2O/c1-11-4-6-14(17,7-5-11)10-15-13-8-12(2)16(3)9-13/h11-13,15,17H,4-10H2,1-3H3. The molecule has 0 aromatic carbocycles. The number of likely N-dealkylation sites (N-methyl/N-ethyl adjacent to an activating group) is 1. The Kier molecular flexibility index (Phi) is 4.11. The van der Waals surface area contributed by atoms with Crippen LogP contribution < -0.4 is 5.32 Å². The van der Waals surface area contributed by atoms with Gasteiger partial charge in [-0.1, -0.05) is 6.92 Å². The molecule has 17 heavy (non-hydrogen) atoms. The predicted molar refractivity (Wildman–Crippen MR) is 71.1 cm³/mol. The van der Waals surface area contributed by atoms with Crippen molar-refractivity contribution >= 4 is 0 Å². The SMILES string of the molecule is CC1CCC(O)(CNC2CC(C)N(C)C2)CC1. The molecular formula is C14H28N2O. The third kappa shape index (κ3) is 3.43. The maximum atomic E-state index is 10.5. The van der Waals surface area contributed by atoms with E-state index in [-0.39, 0.29) is 0 Å². The van der Waals surface area contributed by atoms with Crippen LogP contribution in [0.5, 0.6) is 0 Å². The summed E-state index contributed by atoms with van der Waals surface area (Å²) in [5.74, 6) is 0.799. The zero-order valence-corrected chi connectivity index (χ0v) is 11.6. The summed E-state index contributed by atoms with van der Waals surface area (Å²) in [4.78, 5) is 2.39. The number of likely N-dealkylation sites (tertiary alicyclic amines) is 1. The summed E-state index contributed by atoms with van der Waals surface area (Å²) in [6.45, 7) is 6.47. The lowest BCUT2D eigenvalue weighted by Crippen LogP contribution is -2.47. The van der Waals surface area contributed by atoms with Gasteiger partial charge < -0.3 is 15.3 Å². The van der Waals surface area contributed by atoms with Gasteiger partial charge in [-0.2, -0.15) is 0 Å². The molecule has 1 aliphatic carbocycles. The Morgan fingerprint density at radius 3 is 2.47 bits per heavy atom. The molecule has 2 unspecified atom stereocenters. The average Bonchev–Trinajstić information content (AvgIpc) is 2.61. The van der Waals surface area contributed by atoms with Crippen molar-refractivity contribution in [3.05, 3.63) is 0 Å². The van der Waals surface area contributed by atoms with Crippen LogP contribution in [0.25, 0.3) is 0 Å². The molecule has 1 saturated heterocycles. The molecule has 0 spiro atoms. The van der Waals surface area contributed by atoms with Crippen molar-refractivity contribution in [1.29, 1.82) is 0 Å². The minimum atomic E-state index is -0.434. The first-order valence-electron chi connectivity index (χ1n) is 7.14. The van der Waals surface area contributed by atoms with E-state index in [1.54, 1.807) is 0 Å². The predicted octanol–water partition coefficient (Wildman–Crippen LogP) is 1.61. The van der Waals surface area contributed by atoms with E-state index in [2.05, 4.69) is 31.1 Å². The molecule has 1 heterocycles. The van der Waals surface area contributed by atoms with Gasteiger partial charge in [0, 0.05) is 25.2 Å². The number of hydrogen-bond acceptors (Lipinski definition) is 3. The van der Waals surface area contributed by atoms with Crippen molar-refractivity contribution in [2.24, 2.45) is 5.92 Å². The van der Waals surface area contributed by atoms with Gasteiger partial charge in [0.2, 0.25) is 0 Å². The molecule has 100 valence electrons. The Balaban J connectivity index is 1.74. The summed E-state index contributed by atoms with van der Waals surface area (Å²) >= 11 is 0. The van der Waals surface area contributed by atoms with E-state index in [0.29, 0.717) is 12.1 Å². The highest BCUT2D eigenvalue weighted by atomic mass is 16.3. The Morgan fingerprint density at radius 2 is 1.94 bits per heavy atom. The van der Waals surface area contributed by atoms with Crippen LogP contribution in [-0.4, -0.2) is 47.8 Å². The largest absolute Gasteiger partial charge is 0.389 e. The van der Waals surface area contributed by atoms with Crippen molar-refractivity contribution in [2.45, 2.75) is 63.6 Å². The van der Waals surface area contributed by atoms with E-state index in [1.165, 1.54) is 19.3 Å². The molecule has 2 N–H and O–H groups in total. The van der Waals surface area contributed by atoms with Crippen molar-refractivity contribution in [3.63, 3.8) is 0 Å². The molecule has 2 rings (SSSR count). The van der Waals surface area contributed by atoms with E-state index < -0.39 is 5.60 Å². The minimum Gasteiger partial charge on any atom is -0.389 e. The highest BCUT2D eigenvalue weighted by Crippen LogP contribution is 2.31. The summed E-state index contributed by atoms with van der Waals surface area (Å²) in [6, 6.07) is 1.24. The zero-order valence-electron chi connectivity index (χ0n) is 11.6. The summed E-state index contributed by atoms with van der Waals surface area (Å²) in [5, 5.41) is 14.1. The van der Waals surface area contributed by atoms with E-state index in [4.69, 9.17) is 0 Å².